The molecule has 0 saturated heterocycles. The highest BCUT2D eigenvalue weighted by molar-refractivity contribution is 5.85. The summed E-state index contributed by atoms with van der Waals surface area (Å²) in [7, 11) is 0. The van der Waals surface area contributed by atoms with Gasteiger partial charge in [-0.05, 0) is 26.8 Å². The van der Waals surface area contributed by atoms with E-state index < -0.39 is 5.54 Å². The molecule has 1 aromatic rings. The van der Waals surface area contributed by atoms with Gasteiger partial charge in [0, 0.05) is 12.4 Å². The Kier molecular flexibility index (Phi) is 4.69. The van der Waals surface area contributed by atoms with Gasteiger partial charge in [-0.15, -0.1) is 0 Å². The zero-order chi connectivity index (χ0) is 12.9. The number of aromatic amines is 1. The number of carbonyl (C=O) groups is 1. The normalized spacial score (nSPS) is 13.4. The molecule has 0 spiro atoms. The molecule has 1 atom stereocenters. The number of hydrogen-bond donors (Lipinski definition) is 3. The van der Waals surface area contributed by atoms with Gasteiger partial charge in [-0.2, -0.15) is 0 Å². The fourth-order valence-corrected chi connectivity index (χ4v) is 1.69. The van der Waals surface area contributed by atoms with Crippen LogP contribution in [-0.2, 0) is 4.79 Å². The van der Waals surface area contributed by atoms with Crippen molar-refractivity contribution in [1.29, 1.82) is 0 Å². The topological polar surface area (TPSA) is 69.8 Å². The van der Waals surface area contributed by atoms with Gasteiger partial charge in [0.1, 0.15) is 5.82 Å². The molecule has 0 radical (unpaired) electrons. The lowest BCUT2D eigenvalue weighted by Crippen LogP contribution is -2.53. The largest absolute Gasteiger partial charge is 0.347 e. The van der Waals surface area contributed by atoms with Crippen LogP contribution in [0.15, 0.2) is 12.4 Å². The number of carbonyl (C=O) groups excluding carboxylic acids is 1. The number of nitrogens with one attached hydrogen (secondary N) is 3. The van der Waals surface area contributed by atoms with Gasteiger partial charge in [0.15, 0.2) is 0 Å². The van der Waals surface area contributed by atoms with Gasteiger partial charge in [-0.3, -0.25) is 4.79 Å². The van der Waals surface area contributed by atoms with Crippen LogP contribution in [0.3, 0.4) is 0 Å². The second kappa shape index (κ2) is 5.82. The third kappa shape index (κ3) is 3.56. The molecule has 0 fully saturated rings. The minimum Gasteiger partial charge on any atom is -0.347 e. The summed E-state index contributed by atoms with van der Waals surface area (Å²) in [5.41, 5.74) is -0.561. The van der Waals surface area contributed by atoms with Crippen molar-refractivity contribution in [2.24, 2.45) is 0 Å². The lowest BCUT2D eigenvalue weighted by atomic mass is 10.0. The average Bonchev–Trinajstić information content (AvgIpc) is 2.78. The Hall–Kier alpha value is -1.36. The minimum absolute atomic E-state index is 0.0115. The highest BCUT2D eigenvalue weighted by Gasteiger charge is 2.28. The molecule has 0 aliphatic carbocycles. The van der Waals surface area contributed by atoms with E-state index in [1.165, 1.54) is 0 Å². The lowest BCUT2D eigenvalue weighted by molar-refractivity contribution is -0.127. The number of H-pyrrole nitrogens is 1. The molecule has 0 aliphatic heterocycles. The van der Waals surface area contributed by atoms with Crippen molar-refractivity contribution in [2.75, 3.05) is 6.54 Å². The number of aromatic nitrogens is 2. The van der Waals surface area contributed by atoms with E-state index in [-0.39, 0.29) is 11.9 Å². The molecule has 96 valence electrons. The van der Waals surface area contributed by atoms with Crippen LogP contribution in [0.25, 0.3) is 0 Å². The van der Waals surface area contributed by atoms with Gasteiger partial charge in [0.2, 0.25) is 5.91 Å². The second-order valence-electron chi connectivity index (χ2n) is 4.56. The molecular formula is C12H22N4O. The number of nitrogens with zero attached hydrogens (tertiary/aromatic N) is 1. The van der Waals surface area contributed by atoms with Gasteiger partial charge in [0.25, 0.3) is 0 Å². The van der Waals surface area contributed by atoms with Crippen LogP contribution in [0.2, 0.25) is 0 Å². The van der Waals surface area contributed by atoms with Crippen molar-refractivity contribution in [1.82, 2.24) is 20.6 Å². The Morgan fingerprint density at radius 2 is 2.24 bits per heavy atom. The first kappa shape index (κ1) is 13.7. The third-order valence-electron chi connectivity index (χ3n) is 2.75. The Balaban J connectivity index is 2.66. The Morgan fingerprint density at radius 3 is 2.71 bits per heavy atom. The van der Waals surface area contributed by atoms with Crippen LogP contribution in [-0.4, -0.2) is 28.0 Å². The van der Waals surface area contributed by atoms with E-state index in [9.17, 15) is 4.79 Å². The standard InChI is InChI=1S/C12H22N4O/c1-5-9(10-13-7-8-14-10)16-11(17)12(3,4)15-6-2/h7-9,15H,5-6H2,1-4H3,(H,13,14)(H,16,17). The van der Waals surface area contributed by atoms with Crippen molar-refractivity contribution < 1.29 is 4.79 Å². The third-order valence-corrected chi connectivity index (χ3v) is 2.75. The van der Waals surface area contributed by atoms with Crippen molar-refractivity contribution in [3.63, 3.8) is 0 Å². The zero-order valence-corrected chi connectivity index (χ0v) is 11.0. The van der Waals surface area contributed by atoms with E-state index in [4.69, 9.17) is 0 Å². The molecule has 5 nitrogen and oxygen atoms in total. The maximum atomic E-state index is 12.1. The predicted molar refractivity (Wildman–Crippen MR) is 67.5 cm³/mol. The van der Waals surface area contributed by atoms with Gasteiger partial charge in [-0.25, -0.2) is 4.98 Å². The van der Waals surface area contributed by atoms with Crippen LogP contribution >= 0.6 is 0 Å². The van der Waals surface area contributed by atoms with E-state index in [1.54, 1.807) is 12.4 Å². The molecule has 5 heteroatoms. The van der Waals surface area contributed by atoms with E-state index in [1.807, 2.05) is 27.7 Å². The summed E-state index contributed by atoms with van der Waals surface area (Å²) in [6.45, 7) is 8.52. The van der Waals surface area contributed by atoms with Crippen LogP contribution in [0.5, 0.6) is 0 Å². The minimum atomic E-state index is -0.561. The van der Waals surface area contributed by atoms with Crippen LogP contribution < -0.4 is 10.6 Å². The number of imidazole rings is 1. The molecule has 1 heterocycles. The van der Waals surface area contributed by atoms with Crippen molar-refractivity contribution in [2.45, 2.75) is 45.7 Å². The first-order valence-electron chi connectivity index (χ1n) is 6.06. The van der Waals surface area contributed by atoms with Crippen LogP contribution in [0.4, 0.5) is 0 Å². The first-order valence-corrected chi connectivity index (χ1v) is 6.06. The van der Waals surface area contributed by atoms with Gasteiger partial charge in [-0.1, -0.05) is 13.8 Å². The first-order chi connectivity index (χ1) is 8.01. The Morgan fingerprint density at radius 1 is 1.53 bits per heavy atom. The molecule has 0 bridgehead atoms. The molecule has 0 aliphatic rings. The molecule has 0 saturated carbocycles. The maximum absolute atomic E-state index is 12.1. The summed E-state index contributed by atoms with van der Waals surface area (Å²) < 4.78 is 0. The fourth-order valence-electron chi connectivity index (χ4n) is 1.69. The maximum Gasteiger partial charge on any atom is 0.240 e. The van der Waals surface area contributed by atoms with Crippen molar-refractivity contribution >= 4 is 5.91 Å². The molecule has 1 aromatic heterocycles. The number of rotatable bonds is 6. The number of amides is 1. The Bertz CT molecular complexity index is 345. The van der Waals surface area contributed by atoms with Crippen molar-refractivity contribution in [3.05, 3.63) is 18.2 Å². The average molecular weight is 238 g/mol. The second-order valence-corrected chi connectivity index (χ2v) is 4.56. The molecule has 1 unspecified atom stereocenters. The van der Waals surface area contributed by atoms with Crippen molar-refractivity contribution in [3.8, 4) is 0 Å². The van der Waals surface area contributed by atoms with Gasteiger partial charge < -0.3 is 15.6 Å². The molecule has 1 amide bonds. The number of likely N-dealkylation sites (N-methyl/N-ethyl adjacent to an activating group) is 1. The van der Waals surface area contributed by atoms with E-state index >= 15 is 0 Å². The van der Waals surface area contributed by atoms with E-state index in [2.05, 4.69) is 20.6 Å². The Labute approximate surface area is 102 Å². The lowest BCUT2D eigenvalue weighted by Gasteiger charge is -2.27. The summed E-state index contributed by atoms with van der Waals surface area (Å²) in [6, 6.07) is -0.0598. The fraction of sp³-hybridized carbons (Fsp3) is 0.667. The summed E-state index contributed by atoms with van der Waals surface area (Å²) in [5, 5.41) is 6.15. The van der Waals surface area contributed by atoms with E-state index in [0.717, 1.165) is 18.8 Å². The van der Waals surface area contributed by atoms with Gasteiger partial charge in [0.05, 0.1) is 11.6 Å². The van der Waals surface area contributed by atoms with Crippen LogP contribution in [0.1, 0.15) is 46.0 Å². The van der Waals surface area contributed by atoms with E-state index in [0.29, 0.717) is 0 Å². The SMILES string of the molecule is CCNC(C)(C)C(=O)NC(CC)c1ncc[nH]1. The highest BCUT2D eigenvalue weighted by atomic mass is 16.2. The summed E-state index contributed by atoms with van der Waals surface area (Å²) in [4.78, 5) is 19.3. The highest BCUT2D eigenvalue weighted by Crippen LogP contribution is 2.13. The molecule has 1 rings (SSSR count). The quantitative estimate of drug-likeness (QED) is 0.701. The summed E-state index contributed by atoms with van der Waals surface area (Å²) >= 11 is 0. The smallest absolute Gasteiger partial charge is 0.240 e. The monoisotopic (exact) mass is 238 g/mol. The summed E-state index contributed by atoms with van der Waals surface area (Å²) in [6.07, 6.45) is 4.26. The molecule has 0 aromatic carbocycles. The predicted octanol–water partition coefficient (Wildman–Crippen LogP) is 1.37. The molecule has 17 heavy (non-hydrogen) atoms. The van der Waals surface area contributed by atoms with Gasteiger partial charge >= 0.3 is 0 Å². The molecule has 3 N–H and O–H groups in total. The zero-order valence-electron chi connectivity index (χ0n) is 11.0. The number of hydrogen-bond acceptors (Lipinski definition) is 3. The van der Waals surface area contributed by atoms with Crippen LogP contribution in [0, 0.1) is 0 Å². The summed E-state index contributed by atoms with van der Waals surface area (Å²) in [5.74, 6) is 0.788. The molecular weight excluding hydrogens is 216 g/mol.